The average molecular weight is 241 g/mol. The quantitative estimate of drug-likeness (QED) is 0.673. The van der Waals surface area contributed by atoms with Crippen molar-refractivity contribution in [2.24, 2.45) is 5.92 Å². The van der Waals surface area contributed by atoms with E-state index in [1.807, 2.05) is 0 Å². The van der Waals surface area contributed by atoms with Crippen molar-refractivity contribution in [2.75, 3.05) is 6.61 Å². The minimum atomic E-state index is -1.06. The number of aliphatic hydroxyl groups excluding tert-OH is 1. The highest BCUT2D eigenvalue weighted by Gasteiger charge is 2.16. The number of aliphatic hydroxyl groups is 1. The van der Waals surface area contributed by atoms with Gasteiger partial charge in [-0.1, -0.05) is 13.8 Å². The molecule has 0 amide bonds. The van der Waals surface area contributed by atoms with Crippen LogP contribution in [0.3, 0.4) is 0 Å². The molecule has 5 nitrogen and oxygen atoms in total. The Bertz CT molecular complexity index is 359. The topological polar surface area (TPSA) is 82.7 Å². The highest BCUT2D eigenvalue weighted by atomic mass is 16.4. The highest BCUT2D eigenvalue weighted by molar-refractivity contribution is 5.86. The lowest BCUT2D eigenvalue weighted by atomic mass is 10.0. The number of hydrogen-bond donors (Lipinski definition) is 3. The monoisotopic (exact) mass is 241 g/mol. The summed E-state index contributed by atoms with van der Waals surface area (Å²) in [6.45, 7) is 4.66. The van der Waals surface area contributed by atoms with E-state index in [2.05, 4.69) is 19.2 Å². The Labute approximate surface area is 100 Å². The van der Waals surface area contributed by atoms with E-state index in [1.165, 1.54) is 6.26 Å². The van der Waals surface area contributed by atoms with Gasteiger partial charge in [0.1, 0.15) is 0 Å². The summed E-state index contributed by atoms with van der Waals surface area (Å²) in [4.78, 5) is 10.8. The van der Waals surface area contributed by atoms with Gasteiger partial charge in [-0.25, -0.2) is 4.79 Å². The van der Waals surface area contributed by atoms with Crippen LogP contribution in [0.1, 0.15) is 36.4 Å². The summed E-state index contributed by atoms with van der Waals surface area (Å²) in [5.41, 5.74) is 0.626. The molecular weight excluding hydrogens is 222 g/mol. The number of furan rings is 1. The molecule has 0 bridgehead atoms. The van der Waals surface area contributed by atoms with Crippen LogP contribution in [0, 0.1) is 5.92 Å². The molecule has 0 aliphatic rings. The maximum atomic E-state index is 10.8. The van der Waals surface area contributed by atoms with Crippen molar-refractivity contribution in [3.63, 3.8) is 0 Å². The third kappa shape index (κ3) is 3.87. The SMILES string of the molecule is CC(C)C(CCO)NCc1ccoc1C(=O)O. The van der Waals surface area contributed by atoms with E-state index in [0.717, 1.165) is 0 Å². The summed E-state index contributed by atoms with van der Waals surface area (Å²) in [7, 11) is 0. The fraction of sp³-hybridized carbons (Fsp3) is 0.583. The van der Waals surface area contributed by atoms with Gasteiger partial charge in [-0.2, -0.15) is 0 Å². The number of aromatic carboxylic acids is 1. The Morgan fingerprint density at radius 1 is 1.53 bits per heavy atom. The first-order valence-corrected chi connectivity index (χ1v) is 5.70. The van der Waals surface area contributed by atoms with Gasteiger partial charge in [-0.05, 0) is 18.4 Å². The zero-order valence-corrected chi connectivity index (χ0v) is 10.1. The summed E-state index contributed by atoms with van der Waals surface area (Å²) in [5, 5.41) is 21.0. The summed E-state index contributed by atoms with van der Waals surface area (Å²) in [6, 6.07) is 1.81. The first kappa shape index (κ1) is 13.7. The lowest BCUT2D eigenvalue weighted by Crippen LogP contribution is -2.34. The second-order valence-electron chi connectivity index (χ2n) is 4.32. The van der Waals surface area contributed by atoms with Gasteiger partial charge in [0.15, 0.2) is 0 Å². The van der Waals surface area contributed by atoms with Crippen molar-refractivity contribution < 1.29 is 19.4 Å². The molecule has 1 aromatic rings. The predicted octanol–water partition coefficient (Wildman–Crippen LogP) is 1.47. The van der Waals surface area contributed by atoms with Crippen molar-refractivity contribution in [1.82, 2.24) is 5.32 Å². The number of carboxylic acid groups (broad SMARTS) is 1. The Kier molecular flexibility index (Phi) is 5.18. The molecule has 1 rings (SSSR count). The van der Waals surface area contributed by atoms with E-state index >= 15 is 0 Å². The number of carboxylic acids is 1. The molecule has 0 aromatic carbocycles. The van der Waals surface area contributed by atoms with Crippen molar-refractivity contribution in [3.05, 3.63) is 23.7 Å². The zero-order valence-electron chi connectivity index (χ0n) is 10.1. The molecule has 1 heterocycles. The molecule has 0 saturated carbocycles. The minimum absolute atomic E-state index is 0.0241. The van der Waals surface area contributed by atoms with Crippen LogP contribution in [0.25, 0.3) is 0 Å². The number of hydrogen-bond acceptors (Lipinski definition) is 4. The van der Waals surface area contributed by atoms with Crippen LogP contribution in [0.15, 0.2) is 16.7 Å². The van der Waals surface area contributed by atoms with E-state index in [4.69, 9.17) is 14.6 Å². The smallest absolute Gasteiger partial charge is 0.372 e. The van der Waals surface area contributed by atoms with Crippen molar-refractivity contribution in [3.8, 4) is 0 Å². The maximum Gasteiger partial charge on any atom is 0.372 e. The first-order valence-electron chi connectivity index (χ1n) is 5.70. The van der Waals surface area contributed by atoms with E-state index in [-0.39, 0.29) is 18.4 Å². The normalized spacial score (nSPS) is 12.9. The van der Waals surface area contributed by atoms with E-state index < -0.39 is 5.97 Å². The predicted molar refractivity (Wildman–Crippen MR) is 62.8 cm³/mol. The van der Waals surface area contributed by atoms with Gasteiger partial charge in [-0.15, -0.1) is 0 Å². The number of nitrogens with one attached hydrogen (secondary N) is 1. The van der Waals surface area contributed by atoms with E-state index in [9.17, 15) is 4.79 Å². The van der Waals surface area contributed by atoms with Crippen molar-refractivity contribution >= 4 is 5.97 Å². The van der Waals surface area contributed by atoms with Crippen LogP contribution in [0.4, 0.5) is 0 Å². The van der Waals surface area contributed by atoms with Crippen LogP contribution in [0.5, 0.6) is 0 Å². The van der Waals surface area contributed by atoms with Gasteiger partial charge in [0.05, 0.1) is 6.26 Å². The van der Waals surface area contributed by atoms with E-state index in [0.29, 0.717) is 24.4 Å². The minimum Gasteiger partial charge on any atom is -0.475 e. The van der Waals surface area contributed by atoms with Crippen LogP contribution in [-0.4, -0.2) is 28.8 Å². The fourth-order valence-electron chi connectivity index (χ4n) is 1.71. The molecule has 96 valence electrons. The fourth-order valence-corrected chi connectivity index (χ4v) is 1.71. The third-order valence-corrected chi connectivity index (χ3v) is 2.74. The Morgan fingerprint density at radius 3 is 2.76 bits per heavy atom. The van der Waals surface area contributed by atoms with E-state index in [1.54, 1.807) is 6.07 Å². The van der Waals surface area contributed by atoms with Crippen molar-refractivity contribution in [2.45, 2.75) is 32.9 Å². The Morgan fingerprint density at radius 2 is 2.24 bits per heavy atom. The number of carbonyl (C=O) groups is 1. The maximum absolute atomic E-state index is 10.8. The summed E-state index contributed by atoms with van der Waals surface area (Å²) >= 11 is 0. The molecule has 0 aliphatic carbocycles. The molecule has 0 aliphatic heterocycles. The third-order valence-electron chi connectivity index (χ3n) is 2.74. The lowest BCUT2D eigenvalue weighted by molar-refractivity contribution is 0.0660. The molecule has 5 heteroatoms. The first-order chi connectivity index (χ1) is 8.06. The van der Waals surface area contributed by atoms with Crippen molar-refractivity contribution in [1.29, 1.82) is 0 Å². The largest absolute Gasteiger partial charge is 0.475 e. The van der Waals surface area contributed by atoms with Gasteiger partial charge < -0.3 is 19.9 Å². The second-order valence-corrected chi connectivity index (χ2v) is 4.32. The highest BCUT2D eigenvalue weighted by Crippen LogP contribution is 2.12. The molecule has 1 atom stereocenters. The summed E-state index contributed by atoms with van der Waals surface area (Å²) in [6.07, 6.45) is 2.02. The van der Waals surface area contributed by atoms with Crippen LogP contribution in [-0.2, 0) is 6.54 Å². The molecular formula is C12H19NO4. The molecule has 0 spiro atoms. The molecule has 3 N–H and O–H groups in total. The molecule has 0 fully saturated rings. The molecule has 1 unspecified atom stereocenters. The Balaban J connectivity index is 2.59. The average Bonchev–Trinajstić information content (AvgIpc) is 2.71. The van der Waals surface area contributed by atoms with Gasteiger partial charge in [-0.3, -0.25) is 0 Å². The number of rotatable bonds is 7. The van der Waals surface area contributed by atoms with Crippen LogP contribution < -0.4 is 5.32 Å². The molecule has 0 radical (unpaired) electrons. The van der Waals surface area contributed by atoms with Crippen LogP contribution in [0.2, 0.25) is 0 Å². The van der Waals surface area contributed by atoms with Crippen LogP contribution >= 0.6 is 0 Å². The van der Waals surface area contributed by atoms with Gasteiger partial charge >= 0.3 is 5.97 Å². The lowest BCUT2D eigenvalue weighted by Gasteiger charge is -2.21. The standard InChI is InChI=1S/C12H19NO4/c1-8(2)10(3-5-14)13-7-9-4-6-17-11(9)12(15)16/h4,6,8,10,13-14H,3,5,7H2,1-2H3,(H,15,16). The molecule has 1 aromatic heterocycles. The second kappa shape index (κ2) is 6.42. The molecule has 17 heavy (non-hydrogen) atoms. The van der Waals surface area contributed by atoms with Gasteiger partial charge in [0.25, 0.3) is 0 Å². The molecule has 0 saturated heterocycles. The summed E-state index contributed by atoms with van der Waals surface area (Å²) in [5.74, 6) is -0.707. The zero-order chi connectivity index (χ0) is 12.8. The van der Waals surface area contributed by atoms with Gasteiger partial charge in [0, 0.05) is 24.8 Å². The summed E-state index contributed by atoms with van der Waals surface area (Å²) < 4.78 is 4.89. The Hall–Kier alpha value is -1.33. The van der Waals surface area contributed by atoms with Gasteiger partial charge in [0.2, 0.25) is 5.76 Å².